The predicted octanol–water partition coefficient (Wildman–Crippen LogP) is 2.80. The van der Waals surface area contributed by atoms with Crippen molar-refractivity contribution in [2.75, 3.05) is 13.3 Å². The fourth-order valence-corrected chi connectivity index (χ4v) is 5.42. The molecule has 2 aromatic heterocycles. The highest BCUT2D eigenvalue weighted by atomic mass is 32.2. The van der Waals surface area contributed by atoms with Gasteiger partial charge in [-0.3, -0.25) is 4.79 Å². The highest BCUT2D eigenvalue weighted by Gasteiger charge is 2.20. The first-order chi connectivity index (χ1) is 12.6. The fourth-order valence-electron chi connectivity index (χ4n) is 3.73. The van der Waals surface area contributed by atoms with Crippen molar-refractivity contribution >= 4 is 33.3 Å². The minimum atomic E-state index is 0.0431. The first-order valence-electron chi connectivity index (χ1n) is 9.11. The summed E-state index contributed by atoms with van der Waals surface area (Å²) in [6.45, 7) is 1.63. The zero-order valence-corrected chi connectivity index (χ0v) is 16.9. The van der Waals surface area contributed by atoms with Crippen molar-refractivity contribution in [1.29, 1.82) is 0 Å². The van der Waals surface area contributed by atoms with Crippen LogP contribution in [0.25, 0.3) is 10.2 Å². The smallest absolute Gasteiger partial charge is 0.260 e. The lowest BCUT2D eigenvalue weighted by Crippen LogP contribution is -3.06. The van der Waals surface area contributed by atoms with Crippen molar-refractivity contribution in [2.45, 2.75) is 43.7 Å². The van der Waals surface area contributed by atoms with E-state index in [1.165, 1.54) is 38.6 Å². The molecule has 2 heterocycles. The number of nitrogens with one attached hydrogen (secondary N) is 2. The molecule has 0 saturated carbocycles. The van der Waals surface area contributed by atoms with Crippen molar-refractivity contribution in [3.8, 4) is 0 Å². The summed E-state index contributed by atoms with van der Waals surface area (Å²) in [5.41, 5.74) is 2.60. The lowest BCUT2D eigenvalue weighted by Gasteiger charge is -2.14. The number of benzene rings is 1. The Morgan fingerprint density at radius 2 is 1.96 bits per heavy atom. The number of quaternary nitrogens is 1. The molecule has 0 fully saturated rings. The van der Waals surface area contributed by atoms with Gasteiger partial charge in [-0.2, -0.15) is 0 Å². The maximum atomic E-state index is 12.6. The van der Waals surface area contributed by atoms with Crippen LogP contribution in [0.3, 0.4) is 0 Å². The molecule has 0 saturated heterocycles. The molecule has 1 aliphatic carbocycles. The average Bonchev–Trinajstić information content (AvgIpc) is 3.01. The second-order valence-electron chi connectivity index (χ2n) is 7.06. The van der Waals surface area contributed by atoms with Crippen LogP contribution >= 0.6 is 23.1 Å². The van der Waals surface area contributed by atoms with E-state index in [0.717, 1.165) is 42.0 Å². The highest BCUT2D eigenvalue weighted by Crippen LogP contribution is 2.33. The summed E-state index contributed by atoms with van der Waals surface area (Å²) in [4.78, 5) is 25.4. The molecule has 26 heavy (non-hydrogen) atoms. The monoisotopic (exact) mass is 386 g/mol. The van der Waals surface area contributed by atoms with Gasteiger partial charge in [0, 0.05) is 15.3 Å². The number of H-pyrrole nitrogens is 1. The topological polar surface area (TPSA) is 50.2 Å². The highest BCUT2D eigenvalue weighted by molar-refractivity contribution is 7.98. The Morgan fingerprint density at radius 1 is 1.19 bits per heavy atom. The molecule has 1 unspecified atom stereocenters. The second kappa shape index (κ2) is 7.55. The quantitative estimate of drug-likeness (QED) is 0.663. The Hall–Kier alpha value is -1.63. The normalized spacial score (nSPS) is 15.2. The van der Waals surface area contributed by atoms with Crippen LogP contribution in [0.1, 0.15) is 34.7 Å². The number of aromatic amines is 1. The van der Waals surface area contributed by atoms with Gasteiger partial charge in [0.05, 0.1) is 12.4 Å². The van der Waals surface area contributed by atoms with Gasteiger partial charge in [0.25, 0.3) is 5.56 Å². The Bertz CT molecular complexity index is 975. The fraction of sp³-hybridized carbons (Fsp3) is 0.400. The number of hydrogen-bond donors (Lipinski definition) is 2. The van der Waals surface area contributed by atoms with Crippen LogP contribution in [0.4, 0.5) is 0 Å². The van der Waals surface area contributed by atoms with E-state index in [-0.39, 0.29) is 5.56 Å². The Kier molecular flexibility index (Phi) is 5.16. The number of thiophene rings is 1. The van der Waals surface area contributed by atoms with Crippen LogP contribution in [0.2, 0.25) is 0 Å². The van der Waals surface area contributed by atoms with Gasteiger partial charge in [0.1, 0.15) is 17.9 Å². The molecule has 4 nitrogen and oxygen atoms in total. The van der Waals surface area contributed by atoms with E-state index in [0.29, 0.717) is 0 Å². The zero-order valence-electron chi connectivity index (χ0n) is 15.2. The van der Waals surface area contributed by atoms with E-state index in [1.54, 1.807) is 23.1 Å². The number of rotatable bonds is 5. The summed E-state index contributed by atoms with van der Waals surface area (Å²) < 4.78 is 0. The maximum absolute atomic E-state index is 12.6. The van der Waals surface area contributed by atoms with Crippen molar-refractivity contribution in [2.24, 2.45) is 0 Å². The molecule has 2 N–H and O–H groups in total. The molecule has 1 aliphatic rings. The molecule has 0 amide bonds. The molecule has 136 valence electrons. The van der Waals surface area contributed by atoms with Gasteiger partial charge < -0.3 is 9.88 Å². The van der Waals surface area contributed by atoms with E-state index >= 15 is 0 Å². The first kappa shape index (κ1) is 17.8. The van der Waals surface area contributed by atoms with Crippen LogP contribution in [0.5, 0.6) is 0 Å². The summed E-state index contributed by atoms with van der Waals surface area (Å²) in [5, 5.41) is 0.846. The van der Waals surface area contributed by atoms with E-state index in [2.05, 4.69) is 42.6 Å². The van der Waals surface area contributed by atoms with Crippen molar-refractivity contribution in [3.63, 3.8) is 0 Å². The number of thioether (sulfide) groups is 1. The SMILES string of the molecule is CSc1ccc(C[NH+](C)Cc2nc3sc4c(c3c(=O)[nH]2)CCCC4)cc1. The van der Waals surface area contributed by atoms with Gasteiger partial charge in [0.2, 0.25) is 0 Å². The zero-order chi connectivity index (χ0) is 18.1. The van der Waals surface area contributed by atoms with E-state index in [9.17, 15) is 4.79 Å². The molecule has 1 aromatic carbocycles. The molecule has 3 aromatic rings. The Morgan fingerprint density at radius 3 is 2.73 bits per heavy atom. The minimum Gasteiger partial charge on any atom is -0.327 e. The van der Waals surface area contributed by atoms with Crippen LogP contribution < -0.4 is 10.5 Å². The van der Waals surface area contributed by atoms with Crippen LogP contribution in [0, 0.1) is 0 Å². The number of nitrogens with zero attached hydrogens (tertiary/aromatic N) is 1. The van der Waals surface area contributed by atoms with Crippen LogP contribution in [-0.4, -0.2) is 23.3 Å². The summed E-state index contributed by atoms with van der Waals surface area (Å²) in [6.07, 6.45) is 6.63. The summed E-state index contributed by atoms with van der Waals surface area (Å²) in [5.74, 6) is 0.791. The number of aromatic nitrogens is 2. The number of fused-ring (bicyclic) bond motifs is 3. The molecule has 0 radical (unpaired) electrons. The van der Waals surface area contributed by atoms with E-state index < -0.39 is 0 Å². The lowest BCUT2D eigenvalue weighted by atomic mass is 9.97. The largest absolute Gasteiger partial charge is 0.327 e. The summed E-state index contributed by atoms with van der Waals surface area (Å²) >= 11 is 3.48. The third-order valence-corrected chi connectivity index (χ3v) is 6.94. The van der Waals surface area contributed by atoms with Gasteiger partial charge in [-0.15, -0.1) is 23.1 Å². The molecule has 1 atom stereocenters. The number of hydrogen-bond acceptors (Lipinski definition) is 4. The molecular formula is C20H24N3OS2+. The number of aryl methyl sites for hydroxylation is 2. The van der Waals surface area contributed by atoms with Crippen LogP contribution in [0.15, 0.2) is 34.0 Å². The average molecular weight is 387 g/mol. The molecule has 6 heteroatoms. The standard InChI is InChI=1S/C20H23N3OS2/c1-23(11-13-7-9-14(25-2)10-8-13)12-17-21-19(24)18-15-5-3-4-6-16(15)26-20(18)22-17/h7-10H,3-6,11-12H2,1-2H3,(H,21,22,24)/p+1. The molecular weight excluding hydrogens is 362 g/mol. The molecule has 0 aliphatic heterocycles. The van der Waals surface area contributed by atoms with Crippen molar-refractivity contribution in [1.82, 2.24) is 9.97 Å². The van der Waals surface area contributed by atoms with E-state index in [1.807, 2.05) is 0 Å². The first-order valence-corrected chi connectivity index (χ1v) is 11.2. The van der Waals surface area contributed by atoms with Gasteiger partial charge >= 0.3 is 0 Å². The third kappa shape index (κ3) is 3.59. The Labute approximate surface area is 161 Å². The molecule has 0 spiro atoms. The van der Waals surface area contributed by atoms with Gasteiger partial charge in [-0.05, 0) is 49.6 Å². The summed E-state index contributed by atoms with van der Waals surface area (Å²) in [7, 11) is 2.14. The third-order valence-electron chi connectivity index (χ3n) is 5.01. The predicted molar refractivity (Wildman–Crippen MR) is 109 cm³/mol. The lowest BCUT2D eigenvalue weighted by molar-refractivity contribution is -0.908. The van der Waals surface area contributed by atoms with Gasteiger partial charge in [-0.1, -0.05) is 12.1 Å². The second-order valence-corrected chi connectivity index (χ2v) is 9.03. The summed E-state index contributed by atoms with van der Waals surface area (Å²) in [6, 6.07) is 8.69. The van der Waals surface area contributed by atoms with Gasteiger partial charge in [0.15, 0.2) is 5.82 Å². The Balaban J connectivity index is 1.53. The maximum Gasteiger partial charge on any atom is 0.260 e. The van der Waals surface area contributed by atoms with E-state index in [4.69, 9.17) is 4.98 Å². The minimum absolute atomic E-state index is 0.0431. The molecule has 0 bridgehead atoms. The van der Waals surface area contributed by atoms with Crippen molar-refractivity contribution in [3.05, 3.63) is 56.4 Å². The molecule has 4 rings (SSSR count). The van der Waals surface area contributed by atoms with Crippen LogP contribution in [-0.2, 0) is 25.9 Å². The van der Waals surface area contributed by atoms with Crippen molar-refractivity contribution < 1.29 is 4.90 Å². The van der Waals surface area contributed by atoms with Gasteiger partial charge in [-0.25, -0.2) is 4.98 Å².